The molecule has 0 aliphatic carbocycles. The number of anilines is 3. The zero-order valence-corrected chi connectivity index (χ0v) is 14.5. The van der Waals surface area contributed by atoms with E-state index in [1.54, 1.807) is 4.90 Å². The van der Waals surface area contributed by atoms with Gasteiger partial charge >= 0.3 is 6.03 Å². The smallest absolute Gasteiger partial charge is 0.321 e. The van der Waals surface area contributed by atoms with Crippen molar-refractivity contribution in [3.8, 4) is 0 Å². The molecule has 6 nitrogen and oxygen atoms in total. The molecule has 0 bridgehead atoms. The molecule has 3 amide bonds. The van der Waals surface area contributed by atoms with Gasteiger partial charge in [-0.3, -0.25) is 4.79 Å². The molecule has 2 aromatic carbocycles. The minimum absolute atomic E-state index is 0.107. The molecule has 26 heavy (non-hydrogen) atoms. The minimum atomic E-state index is -0.335. The van der Waals surface area contributed by atoms with Crippen LogP contribution in [0, 0.1) is 5.82 Å². The Labute approximate surface area is 151 Å². The molecule has 2 N–H and O–H groups in total. The van der Waals surface area contributed by atoms with Crippen LogP contribution in [0.4, 0.5) is 26.2 Å². The van der Waals surface area contributed by atoms with E-state index in [1.165, 1.54) is 31.2 Å². The minimum Gasteiger partial charge on any atom is -0.368 e. The number of carbonyl (C=O) groups is 2. The van der Waals surface area contributed by atoms with E-state index in [2.05, 4.69) is 15.5 Å². The molecule has 0 unspecified atom stereocenters. The van der Waals surface area contributed by atoms with Crippen molar-refractivity contribution < 1.29 is 14.0 Å². The molecule has 1 heterocycles. The molecular weight excluding hydrogens is 335 g/mol. The molecule has 0 radical (unpaired) electrons. The molecule has 1 aliphatic rings. The predicted octanol–water partition coefficient (Wildman–Crippen LogP) is 3.14. The molecule has 7 heteroatoms. The Morgan fingerprint density at radius 2 is 1.62 bits per heavy atom. The SMILES string of the molecule is CC(=O)Nc1cccc(N2CCN(C(=O)Nc3ccc(F)cc3)CC2)c1. The number of urea groups is 1. The van der Waals surface area contributed by atoms with E-state index >= 15 is 0 Å². The third-order valence-corrected chi connectivity index (χ3v) is 4.19. The summed E-state index contributed by atoms with van der Waals surface area (Å²) in [5.41, 5.74) is 2.34. The number of amides is 3. The first-order valence-electron chi connectivity index (χ1n) is 8.45. The first kappa shape index (κ1) is 17.7. The van der Waals surface area contributed by atoms with Gasteiger partial charge in [-0.25, -0.2) is 9.18 Å². The second-order valence-electron chi connectivity index (χ2n) is 6.14. The average molecular weight is 356 g/mol. The largest absolute Gasteiger partial charge is 0.368 e. The highest BCUT2D eigenvalue weighted by Gasteiger charge is 2.21. The zero-order valence-electron chi connectivity index (χ0n) is 14.5. The summed E-state index contributed by atoms with van der Waals surface area (Å²) < 4.78 is 12.9. The van der Waals surface area contributed by atoms with Gasteiger partial charge in [0.2, 0.25) is 5.91 Å². The molecule has 2 aromatic rings. The lowest BCUT2D eigenvalue weighted by atomic mass is 10.2. The Kier molecular flexibility index (Phi) is 5.36. The Bertz CT molecular complexity index is 786. The van der Waals surface area contributed by atoms with Crippen LogP contribution in [-0.4, -0.2) is 43.0 Å². The van der Waals surface area contributed by atoms with E-state index in [-0.39, 0.29) is 17.8 Å². The van der Waals surface area contributed by atoms with Gasteiger partial charge in [0.1, 0.15) is 5.82 Å². The maximum absolute atomic E-state index is 12.9. The van der Waals surface area contributed by atoms with Crippen LogP contribution in [0.1, 0.15) is 6.92 Å². The number of carbonyl (C=O) groups excluding carboxylic acids is 2. The van der Waals surface area contributed by atoms with Crippen LogP contribution in [0.25, 0.3) is 0 Å². The molecule has 136 valence electrons. The van der Waals surface area contributed by atoms with Crippen molar-refractivity contribution >= 4 is 29.0 Å². The maximum atomic E-state index is 12.9. The average Bonchev–Trinajstić information content (AvgIpc) is 2.63. The molecule has 0 aromatic heterocycles. The summed E-state index contributed by atoms with van der Waals surface area (Å²) in [6, 6.07) is 13.2. The standard InChI is InChI=1S/C19H21FN4O2/c1-14(25)21-17-3-2-4-18(13-17)23-9-11-24(12-10-23)19(26)22-16-7-5-15(20)6-8-16/h2-8,13H,9-12H2,1H3,(H,21,25)(H,22,26). The van der Waals surface area contributed by atoms with Gasteiger partial charge in [0.05, 0.1) is 0 Å². The van der Waals surface area contributed by atoms with Gasteiger partial charge in [-0.1, -0.05) is 6.07 Å². The summed E-state index contributed by atoms with van der Waals surface area (Å²) in [5.74, 6) is -0.442. The monoisotopic (exact) mass is 356 g/mol. The molecular formula is C19H21FN4O2. The topological polar surface area (TPSA) is 64.7 Å². The quantitative estimate of drug-likeness (QED) is 0.888. The number of nitrogens with one attached hydrogen (secondary N) is 2. The lowest BCUT2D eigenvalue weighted by Crippen LogP contribution is -2.50. The van der Waals surface area contributed by atoms with Gasteiger partial charge in [-0.05, 0) is 42.5 Å². The van der Waals surface area contributed by atoms with Crippen LogP contribution in [0.2, 0.25) is 0 Å². The predicted molar refractivity (Wildman–Crippen MR) is 100.0 cm³/mol. The number of hydrogen-bond acceptors (Lipinski definition) is 3. The van der Waals surface area contributed by atoms with Gasteiger partial charge < -0.3 is 20.4 Å². The van der Waals surface area contributed by atoms with E-state index in [0.29, 0.717) is 31.9 Å². The number of rotatable bonds is 3. The molecule has 0 atom stereocenters. The van der Waals surface area contributed by atoms with Gasteiger partial charge in [0.25, 0.3) is 0 Å². The summed E-state index contributed by atoms with van der Waals surface area (Å²) in [6.07, 6.45) is 0. The molecule has 0 saturated carbocycles. The summed E-state index contributed by atoms with van der Waals surface area (Å²) in [4.78, 5) is 27.4. The number of halogens is 1. The summed E-state index contributed by atoms with van der Waals surface area (Å²) in [7, 11) is 0. The number of benzene rings is 2. The molecule has 1 fully saturated rings. The molecule has 3 rings (SSSR count). The maximum Gasteiger partial charge on any atom is 0.321 e. The van der Waals surface area contributed by atoms with Gasteiger partial charge in [-0.2, -0.15) is 0 Å². The summed E-state index contributed by atoms with van der Waals surface area (Å²) in [6.45, 7) is 4.03. The molecule has 0 spiro atoms. The van der Waals surface area contributed by atoms with E-state index in [1.807, 2.05) is 24.3 Å². The van der Waals surface area contributed by atoms with Crippen molar-refractivity contribution in [2.75, 3.05) is 41.7 Å². The lowest BCUT2D eigenvalue weighted by molar-refractivity contribution is -0.114. The highest BCUT2D eigenvalue weighted by Crippen LogP contribution is 2.21. The fourth-order valence-corrected chi connectivity index (χ4v) is 2.89. The van der Waals surface area contributed by atoms with Gasteiger partial charge in [0.15, 0.2) is 0 Å². The first-order chi connectivity index (χ1) is 12.5. The Hall–Kier alpha value is -3.09. The van der Waals surface area contributed by atoms with Crippen LogP contribution in [0.5, 0.6) is 0 Å². The van der Waals surface area contributed by atoms with Crippen molar-refractivity contribution in [2.24, 2.45) is 0 Å². The normalized spacial score (nSPS) is 14.1. The Morgan fingerprint density at radius 1 is 0.923 bits per heavy atom. The lowest BCUT2D eigenvalue weighted by Gasteiger charge is -2.36. The first-order valence-corrected chi connectivity index (χ1v) is 8.45. The fourth-order valence-electron chi connectivity index (χ4n) is 2.89. The molecule has 1 aliphatic heterocycles. The Balaban J connectivity index is 1.56. The third kappa shape index (κ3) is 4.50. The van der Waals surface area contributed by atoms with Crippen molar-refractivity contribution in [2.45, 2.75) is 6.92 Å². The molecule has 1 saturated heterocycles. The number of piperazine rings is 1. The van der Waals surface area contributed by atoms with Crippen LogP contribution < -0.4 is 15.5 Å². The highest BCUT2D eigenvalue weighted by atomic mass is 19.1. The van der Waals surface area contributed by atoms with E-state index in [4.69, 9.17) is 0 Å². The highest BCUT2D eigenvalue weighted by molar-refractivity contribution is 5.90. The number of hydrogen-bond donors (Lipinski definition) is 2. The van der Waals surface area contributed by atoms with E-state index in [0.717, 1.165) is 11.4 Å². The van der Waals surface area contributed by atoms with Gasteiger partial charge in [0, 0.05) is 50.2 Å². The second-order valence-corrected chi connectivity index (χ2v) is 6.14. The van der Waals surface area contributed by atoms with Crippen LogP contribution in [0.15, 0.2) is 48.5 Å². The van der Waals surface area contributed by atoms with Crippen molar-refractivity contribution in [3.05, 3.63) is 54.3 Å². The van der Waals surface area contributed by atoms with Crippen molar-refractivity contribution in [1.82, 2.24) is 4.90 Å². The van der Waals surface area contributed by atoms with Crippen molar-refractivity contribution in [1.29, 1.82) is 0 Å². The second kappa shape index (κ2) is 7.86. The van der Waals surface area contributed by atoms with E-state index < -0.39 is 0 Å². The van der Waals surface area contributed by atoms with Crippen LogP contribution in [0.3, 0.4) is 0 Å². The zero-order chi connectivity index (χ0) is 18.5. The van der Waals surface area contributed by atoms with Crippen molar-refractivity contribution in [3.63, 3.8) is 0 Å². The number of nitrogens with zero attached hydrogens (tertiary/aromatic N) is 2. The summed E-state index contributed by atoms with van der Waals surface area (Å²) >= 11 is 0. The van der Waals surface area contributed by atoms with Crippen LogP contribution >= 0.6 is 0 Å². The van der Waals surface area contributed by atoms with Gasteiger partial charge in [-0.15, -0.1) is 0 Å². The van der Waals surface area contributed by atoms with E-state index in [9.17, 15) is 14.0 Å². The summed E-state index contributed by atoms with van der Waals surface area (Å²) in [5, 5.41) is 5.55. The third-order valence-electron chi connectivity index (χ3n) is 4.19. The van der Waals surface area contributed by atoms with Crippen LogP contribution in [-0.2, 0) is 4.79 Å². The fraction of sp³-hybridized carbons (Fsp3) is 0.263. The Morgan fingerprint density at radius 3 is 2.27 bits per heavy atom.